The fourth-order valence-corrected chi connectivity index (χ4v) is 2.61. The molecule has 0 atom stereocenters. The zero-order chi connectivity index (χ0) is 14.4. The van der Waals surface area contributed by atoms with Crippen LogP contribution in [0.1, 0.15) is 44.6 Å². The lowest BCUT2D eigenvalue weighted by atomic mass is 9.95. The predicted molar refractivity (Wildman–Crippen MR) is 80.7 cm³/mol. The molecule has 0 bridgehead atoms. The van der Waals surface area contributed by atoms with Gasteiger partial charge < -0.3 is 15.8 Å². The van der Waals surface area contributed by atoms with Crippen molar-refractivity contribution in [2.24, 2.45) is 0 Å². The first-order valence-corrected chi connectivity index (χ1v) is 7.49. The zero-order valence-corrected chi connectivity index (χ0v) is 12.2. The third-order valence-corrected chi connectivity index (χ3v) is 3.81. The van der Waals surface area contributed by atoms with Gasteiger partial charge in [-0.1, -0.05) is 32.3 Å². The quantitative estimate of drug-likeness (QED) is 0.813. The van der Waals surface area contributed by atoms with Crippen LogP contribution in [-0.2, 0) is 11.2 Å². The second-order valence-corrected chi connectivity index (χ2v) is 5.42. The maximum Gasteiger partial charge on any atom is 0.258 e. The first-order chi connectivity index (χ1) is 9.69. The number of hydrogen-bond acceptors (Lipinski definition) is 3. The summed E-state index contributed by atoms with van der Waals surface area (Å²) in [7, 11) is 0. The molecule has 1 aliphatic carbocycles. The molecule has 110 valence electrons. The third kappa shape index (κ3) is 4.15. The molecule has 4 nitrogen and oxygen atoms in total. The van der Waals surface area contributed by atoms with Gasteiger partial charge in [0.05, 0.1) is 5.69 Å². The van der Waals surface area contributed by atoms with Crippen molar-refractivity contribution in [1.82, 2.24) is 5.32 Å². The topological polar surface area (TPSA) is 64.3 Å². The number of rotatable bonds is 5. The molecule has 0 unspecified atom stereocenters. The standard InChI is InChI=1S/C16H24N2O2/c1-2-12-8-9-15(14(17)10-12)20-11-16(19)18-13-6-4-3-5-7-13/h8-10,13H,2-7,11,17H2,1H3,(H,18,19). The van der Waals surface area contributed by atoms with Crippen LogP contribution in [0.5, 0.6) is 5.75 Å². The fraction of sp³-hybridized carbons (Fsp3) is 0.562. The first-order valence-electron chi connectivity index (χ1n) is 7.49. The normalized spacial score (nSPS) is 15.8. The van der Waals surface area contributed by atoms with E-state index in [-0.39, 0.29) is 12.5 Å². The van der Waals surface area contributed by atoms with E-state index < -0.39 is 0 Å². The van der Waals surface area contributed by atoms with Gasteiger partial charge in [0.1, 0.15) is 5.75 Å². The number of nitrogens with two attached hydrogens (primary N) is 1. The van der Waals surface area contributed by atoms with Crippen LogP contribution in [-0.4, -0.2) is 18.6 Å². The number of aryl methyl sites for hydroxylation is 1. The Balaban J connectivity index is 1.80. The second kappa shape index (κ2) is 7.17. The van der Waals surface area contributed by atoms with Crippen molar-refractivity contribution in [1.29, 1.82) is 0 Å². The van der Waals surface area contributed by atoms with Crippen LogP contribution in [0.15, 0.2) is 18.2 Å². The van der Waals surface area contributed by atoms with Crippen LogP contribution >= 0.6 is 0 Å². The third-order valence-electron chi connectivity index (χ3n) is 3.81. The highest BCUT2D eigenvalue weighted by molar-refractivity contribution is 5.78. The highest BCUT2D eigenvalue weighted by Crippen LogP contribution is 2.22. The molecule has 3 N–H and O–H groups in total. The molecular weight excluding hydrogens is 252 g/mol. The van der Waals surface area contributed by atoms with Crippen LogP contribution in [0.3, 0.4) is 0 Å². The van der Waals surface area contributed by atoms with Gasteiger partial charge in [-0.2, -0.15) is 0 Å². The first kappa shape index (κ1) is 14.7. The van der Waals surface area contributed by atoms with Crippen molar-refractivity contribution >= 4 is 11.6 Å². The minimum atomic E-state index is -0.0594. The summed E-state index contributed by atoms with van der Waals surface area (Å²) in [4.78, 5) is 11.8. The van der Waals surface area contributed by atoms with Crippen LogP contribution in [0.25, 0.3) is 0 Å². The van der Waals surface area contributed by atoms with E-state index in [2.05, 4.69) is 12.2 Å². The number of benzene rings is 1. The molecular formula is C16H24N2O2. The van der Waals surface area contributed by atoms with Gasteiger partial charge in [-0.15, -0.1) is 0 Å². The molecule has 4 heteroatoms. The largest absolute Gasteiger partial charge is 0.482 e. The van der Waals surface area contributed by atoms with Gasteiger partial charge in [-0.05, 0) is 37.0 Å². The van der Waals surface area contributed by atoms with E-state index in [1.807, 2.05) is 18.2 Å². The highest BCUT2D eigenvalue weighted by Gasteiger charge is 2.16. The fourth-order valence-electron chi connectivity index (χ4n) is 2.61. The van der Waals surface area contributed by atoms with Crippen molar-refractivity contribution in [3.63, 3.8) is 0 Å². The van der Waals surface area contributed by atoms with Gasteiger partial charge in [0, 0.05) is 6.04 Å². The minimum Gasteiger partial charge on any atom is -0.482 e. The Labute approximate surface area is 120 Å². The molecule has 1 amide bonds. The van der Waals surface area contributed by atoms with Gasteiger partial charge in [0.25, 0.3) is 5.91 Å². The Kier molecular flexibility index (Phi) is 5.27. The number of amides is 1. The molecule has 0 heterocycles. The summed E-state index contributed by atoms with van der Waals surface area (Å²) in [5.74, 6) is 0.525. The van der Waals surface area contributed by atoms with Crippen molar-refractivity contribution in [2.45, 2.75) is 51.5 Å². The minimum absolute atomic E-state index is 0.0339. The Bertz CT molecular complexity index is 454. The van der Waals surface area contributed by atoms with E-state index in [0.29, 0.717) is 17.5 Å². The Morgan fingerprint density at radius 3 is 2.75 bits per heavy atom. The van der Waals surface area contributed by atoms with E-state index in [9.17, 15) is 4.79 Å². The number of carbonyl (C=O) groups is 1. The molecule has 0 radical (unpaired) electrons. The molecule has 0 aromatic heterocycles. The van der Waals surface area contributed by atoms with Crippen molar-refractivity contribution in [3.05, 3.63) is 23.8 Å². The number of nitrogens with one attached hydrogen (secondary N) is 1. The van der Waals surface area contributed by atoms with E-state index in [0.717, 1.165) is 19.3 Å². The van der Waals surface area contributed by atoms with Crippen molar-refractivity contribution < 1.29 is 9.53 Å². The summed E-state index contributed by atoms with van der Waals surface area (Å²) in [6.07, 6.45) is 6.79. The van der Waals surface area contributed by atoms with E-state index in [1.54, 1.807) is 0 Å². The van der Waals surface area contributed by atoms with Gasteiger partial charge >= 0.3 is 0 Å². The number of carbonyl (C=O) groups excluding carboxylic acids is 1. The van der Waals surface area contributed by atoms with Crippen LogP contribution in [0, 0.1) is 0 Å². The van der Waals surface area contributed by atoms with Gasteiger partial charge in [0.15, 0.2) is 6.61 Å². The number of nitrogen functional groups attached to an aromatic ring is 1. The molecule has 2 rings (SSSR count). The van der Waals surface area contributed by atoms with Crippen molar-refractivity contribution in [2.75, 3.05) is 12.3 Å². The van der Waals surface area contributed by atoms with E-state index in [1.165, 1.54) is 24.8 Å². The molecule has 1 fully saturated rings. The molecule has 0 aliphatic heterocycles. The summed E-state index contributed by atoms with van der Waals surface area (Å²) in [6, 6.07) is 6.03. The maximum absolute atomic E-state index is 11.8. The number of ether oxygens (including phenoxy) is 1. The lowest BCUT2D eigenvalue weighted by Crippen LogP contribution is -2.39. The Morgan fingerprint density at radius 2 is 2.10 bits per heavy atom. The van der Waals surface area contributed by atoms with Gasteiger partial charge in [-0.25, -0.2) is 0 Å². The molecule has 1 aliphatic rings. The van der Waals surface area contributed by atoms with Crippen LogP contribution in [0.2, 0.25) is 0 Å². The zero-order valence-electron chi connectivity index (χ0n) is 12.2. The lowest BCUT2D eigenvalue weighted by Gasteiger charge is -2.22. The SMILES string of the molecule is CCc1ccc(OCC(=O)NC2CCCCC2)c(N)c1. The van der Waals surface area contributed by atoms with E-state index >= 15 is 0 Å². The van der Waals surface area contributed by atoms with Crippen LogP contribution < -0.4 is 15.8 Å². The molecule has 20 heavy (non-hydrogen) atoms. The molecule has 1 saturated carbocycles. The van der Waals surface area contributed by atoms with Gasteiger partial charge in [0.2, 0.25) is 0 Å². The van der Waals surface area contributed by atoms with Crippen molar-refractivity contribution in [3.8, 4) is 5.75 Å². The lowest BCUT2D eigenvalue weighted by molar-refractivity contribution is -0.124. The summed E-state index contributed by atoms with van der Waals surface area (Å²) in [5.41, 5.74) is 7.67. The molecule has 1 aromatic carbocycles. The Hall–Kier alpha value is -1.71. The smallest absolute Gasteiger partial charge is 0.258 e. The molecule has 0 saturated heterocycles. The monoisotopic (exact) mass is 276 g/mol. The highest BCUT2D eigenvalue weighted by atomic mass is 16.5. The molecule has 0 spiro atoms. The average molecular weight is 276 g/mol. The van der Waals surface area contributed by atoms with Crippen LogP contribution in [0.4, 0.5) is 5.69 Å². The average Bonchev–Trinajstić information content (AvgIpc) is 2.47. The second-order valence-electron chi connectivity index (χ2n) is 5.42. The summed E-state index contributed by atoms with van der Waals surface area (Å²) < 4.78 is 5.50. The summed E-state index contributed by atoms with van der Waals surface area (Å²) in [6.45, 7) is 2.11. The summed E-state index contributed by atoms with van der Waals surface area (Å²) in [5, 5.41) is 3.03. The number of hydrogen-bond donors (Lipinski definition) is 2. The maximum atomic E-state index is 11.8. The number of anilines is 1. The van der Waals surface area contributed by atoms with E-state index in [4.69, 9.17) is 10.5 Å². The summed E-state index contributed by atoms with van der Waals surface area (Å²) >= 11 is 0. The molecule has 1 aromatic rings. The predicted octanol–water partition coefficient (Wildman–Crippen LogP) is 2.66. The Morgan fingerprint density at radius 1 is 1.35 bits per heavy atom. The van der Waals surface area contributed by atoms with Gasteiger partial charge in [-0.3, -0.25) is 4.79 Å².